The third-order valence-corrected chi connectivity index (χ3v) is 2.47. The minimum Gasteiger partial charge on any atom is -0.192 e. The van der Waals surface area contributed by atoms with Gasteiger partial charge in [0, 0.05) is 16.5 Å². The minimum absolute atomic E-state index is 0.641. The first-order chi connectivity index (χ1) is 7.27. The largest absolute Gasteiger partial charge is 0.192 e. The monoisotopic (exact) mass is 261 g/mol. The molecule has 1 nitrogen and oxygen atoms in total. The van der Waals surface area contributed by atoms with Crippen LogP contribution in [0.15, 0.2) is 22.7 Å². The molecular formula is C13H12BrN. The summed E-state index contributed by atoms with van der Waals surface area (Å²) in [6.07, 6.45) is 3.16. The van der Waals surface area contributed by atoms with Gasteiger partial charge in [0.25, 0.3) is 0 Å². The number of rotatable bonds is 2. The minimum atomic E-state index is 0.641. The van der Waals surface area contributed by atoms with Crippen LogP contribution in [0.5, 0.6) is 0 Å². The number of benzene rings is 1. The van der Waals surface area contributed by atoms with Gasteiger partial charge in [0.05, 0.1) is 5.56 Å². The van der Waals surface area contributed by atoms with E-state index >= 15 is 0 Å². The maximum absolute atomic E-state index is 8.88. The zero-order valence-corrected chi connectivity index (χ0v) is 10.3. The molecule has 2 heteroatoms. The van der Waals surface area contributed by atoms with Crippen LogP contribution >= 0.6 is 15.9 Å². The molecule has 1 aromatic carbocycles. The molecule has 0 aliphatic rings. The van der Waals surface area contributed by atoms with Crippen LogP contribution in [-0.2, 0) is 0 Å². The van der Waals surface area contributed by atoms with Crippen molar-refractivity contribution in [3.8, 4) is 17.9 Å². The molecule has 1 rings (SSSR count). The maximum Gasteiger partial charge on any atom is 0.100 e. The Hall–Kier alpha value is -1.25. The smallest absolute Gasteiger partial charge is 0.100 e. The van der Waals surface area contributed by atoms with Crippen LogP contribution in [0.2, 0.25) is 0 Å². The van der Waals surface area contributed by atoms with E-state index in [1.807, 2.05) is 12.1 Å². The van der Waals surface area contributed by atoms with Gasteiger partial charge >= 0.3 is 0 Å². The van der Waals surface area contributed by atoms with Crippen molar-refractivity contribution in [2.24, 2.45) is 0 Å². The van der Waals surface area contributed by atoms with Crippen molar-refractivity contribution >= 4 is 15.9 Å². The molecule has 0 aliphatic carbocycles. The van der Waals surface area contributed by atoms with Crippen molar-refractivity contribution in [2.75, 3.05) is 0 Å². The highest BCUT2D eigenvalue weighted by Crippen LogP contribution is 2.15. The van der Waals surface area contributed by atoms with Crippen molar-refractivity contribution in [1.29, 1.82) is 5.26 Å². The Kier molecular flexibility index (Phi) is 4.95. The van der Waals surface area contributed by atoms with Gasteiger partial charge in [-0.25, -0.2) is 0 Å². The van der Waals surface area contributed by atoms with Crippen molar-refractivity contribution in [3.05, 3.63) is 33.8 Å². The predicted octanol–water partition coefficient (Wildman–Crippen LogP) is 3.86. The molecule has 0 spiro atoms. The summed E-state index contributed by atoms with van der Waals surface area (Å²) in [4.78, 5) is 0. The number of hydrogen-bond acceptors (Lipinski definition) is 1. The van der Waals surface area contributed by atoms with E-state index in [-0.39, 0.29) is 0 Å². The van der Waals surface area contributed by atoms with Crippen LogP contribution in [0.25, 0.3) is 0 Å². The number of halogens is 1. The Morgan fingerprint density at radius 1 is 1.33 bits per heavy atom. The van der Waals surface area contributed by atoms with E-state index in [4.69, 9.17) is 5.26 Å². The highest BCUT2D eigenvalue weighted by molar-refractivity contribution is 9.10. The number of nitriles is 1. The number of nitrogens with zero attached hydrogens (tertiary/aromatic N) is 1. The SMILES string of the molecule is CCCCC#Cc1cc(Br)ccc1C#N. The normalized spacial score (nSPS) is 8.87. The Balaban J connectivity index is 2.87. The average molecular weight is 262 g/mol. The van der Waals surface area contributed by atoms with Crippen molar-refractivity contribution < 1.29 is 0 Å². The fraction of sp³-hybridized carbons (Fsp3) is 0.308. The molecule has 0 radical (unpaired) electrons. The molecule has 0 aromatic heterocycles. The second-order valence-corrected chi connectivity index (χ2v) is 4.12. The zero-order valence-electron chi connectivity index (χ0n) is 8.68. The van der Waals surface area contributed by atoms with Gasteiger partial charge in [-0.1, -0.05) is 41.1 Å². The topological polar surface area (TPSA) is 23.8 Å². The number of unbranched alkanes of at least 4 members (excludes halogenated alkanes) is 2. The van der Waals surface area contributed by atoms with Crippen LogP contribution < -0.4 is 0 Å². The summed E-state index contributed by atoms with van der Waals surface area (Å²) in [5.74, 6) is 6.12. The summed E-state index contributed by atoms with van der Waals surface area (Å²) in [6, 6.07) is 7.67. The van der Waals surface area contributed by atoms with E-state index in [1.165, 1.54) is 0 Å². The molecule has 0 amide bonds. The summed E-state index contributed by atoms with van der Waals surface area (Å²) in [5, 5.41) is 8.88. The van der Waals surface area contributed by atoms with Crippen LogP contribution in [0, 0.1) is 23.2 Å². The fourth-order valence-electron chi connectivity index (χ4n) is 1.14. The summed E-state index contributed by atoms with van der Waals surface area (Å²) in [7, 11) is 0. The van der Waals surface area contributed by atoms with Gasteiger partial charge in [0.1, 0.15) is 6.07 Å². The first kappa shape index (κ1) is 11.8. The van der Waals surface area contributed by atoms with E-state index < -0.39 is 0 Å². The first-order valence-electron chi connectivity index (χ1n) is 4.96. The van der Waals surface area contributed by atoms with Crippen LogP contribution in [0.3, 0.4) is 0 Å². The van der Waals surface area contributed by atoms with Gasteiger partial charge in [-0.3, -0.25) is 0 Å². The highest BCUT2D eigenvalue weighted by atomic mass is 79.9. The van der Waals surface area contributed by atoms with Gasteiger partial charge in [0.15, 0.2) is 0 Å². The Morgan fingerprint density at radius 2 is 2.13 bits per heavy atom. The number of hydrogen-bond donors (Lipinski definition) is 0. The third kappa shape index (κ3) is 3.78. The maximum atomic E-state index is 8.88. The lowest BCUT2D eigenvalue weighted by Crippen LogP contribution is -1.83. The van der Waals surface area contributed by atoms with E-state index in [2.05, 4.69) is 40.8 Å². The molecule has 15 heavy (non-hydrogen) atoms. The zero-order chi connectivity index (χ0) is 11.1. The second kappa shape index (κ2) is 6.27. The summed E-state index contributed by atoms with van der Waals surface area (Å²) >= 11 is 3.37. The highest BCUT2D eigenvalue weighted by Gasteiger charge is 1.98. The van der Waals surface area contributed by atoms with E-state index in [1.54, 1.807) is 6.07 Å². The fourth-order valence-corrected chi connectivity index (χ4v) is 1.50. The molecular weight excluding hydrogens is 250 g/mol. The van der Waals surface area contributed by atoms with Crippen molar-refractivity contribution in [2.45, 2.75) is 26.2 Å². The Labute approximate surface area is 99.2 Å². The average Bonchev–Trinajstić information content (AvgIpc) is 2.25. The Bertz CT molecular complexity index is 432. The van der Waals surface area contributed by atoms with Gasteiger partial charge in [-0.2, -0.15) is 5.26 Å². The summed E-state index contributed by atoms with van der Waals surface area (Å²) in [6.45, 7) is 2.14. The van der Waals surface area contributed by atoms with Crippen LogP contribution in [0.4, 0.5) is 0 Å². The molecule has 0 heterocycles. The second-order valence-electron chi connectivity index (χ2n) is 3.21. The predicted molar refractivity (Wildman–Crippen MR) is 65.3 cm³/mol. The first-order valence-corrected chi connectivity index (χ1v) is 5.75. The van der Waals surface area contributed by atoms with Gasteiger partial charge in [-0.05, 0) is 24.6 Å². The Morgan fingerprint density at radius 3 is 2.80 bits per heavy atom. The summed E-state index contributed by atoms with van der Waals surface area (Å²) in [5.41, 5.74) is 1.45. The van der Waals surface area contributed by atoms with Crippen molar-refractivity contribution in [3.63, 3.8) is 0 Å². The lowest BCUT2D eigenvalue weighted by molar-refractivity contribution is 0.828. The molecule has 0 saturated heterocycles. The van der Waals surface area contributed by atoms with E-state index in [9.17, 15) is 0 Å². The van der Waals surface area contributed by atoms with E-state index in [0.717, 1.165) is 29.3 Å². The lowest BCUT2D eigenvalue weighted by atomic mass is 10.1. The molecule has 0 atom stereocenters. The molecule has 0 bridgehead atoms. The third-order valence-electron chi connectivity index (χ3n) is 1.98. The molecule has 0 fully saturated rings. The molecule has 0 saturated carbocycles. The summed E-state index contributed by atoms with van der Waals surface area (Å²) < 4.78 is 0.960. The molecule has 0 unspecified atom stereocenters. The van der Waals surface area contributed by atoms with Crippen molar-refractivity contribution in [1.82, 2.24) is 0 Å². The molecule has 1 aromatic rings. The van der Waals surface area contributed by atoms with Crippen LogP contribution in [-0.4, -0.2) is 0 Å². The van der Waals surface area contributed by atoms with E-state index in [0.29, 0.717) is 5.56 Å². The standard InChI is InChI=1S/C13H12BrN/c1-2-3-4-5-6-11-9-13(14)8-7-12(11)10-15/h7-9H,2-4H2,1H3. The molecule has 76 valence electrons. The quantitative estimate of drug-likeness (QED) is 0.586. The molecule has 0 aliphatic heterocycles. The van der Waals surface area contributed by atoms with Gasteiger partial charge in [0.2, 0.25) is 0 Å². The van der Waals surface area contributed by atoms with Gasteiger partial charge in [-0.15, -0.1) is 0 Å². The lowest BCUT2D eigenvalue weighted by Gasteiger charge is -1.95. The van der Waals surface area contributed by atoms with Crippen LogP contribution in [0.1, 0.15) is 37.3 Å². The molecule has 0 N–H and O–H groups in total. The van der Waals surface area contributed by atoms with Gasteiger partial charge < -0.3 is 0 Å².